The summed E-state index contributed by atoms with van der Waals surface area (Å²) in [6.07, 6.45) is 10.6. The molecule has 11 heteroatoms. The Kier molecular flexibility index (Phi) is 6.35. The summed E-state index contributed by atoms with van der Waals surface area (Å²) in [4.78, 5) is 23.9. The topological polar surface area (TPSA) is 129 Å². The number of likely N-dealkylation sites (N-methyl/N-ethyl adjacent to an activating group) is 1. The van der Waals surface area contributed by atoms with Gasteiger partial charge >= 0.3 is 0 Å². The Hall–Kier alpha value is -3.12. The van der Waals surface area contributed by atoms with Crippen molar-refractivity contribution in [1.29, 1.82) is 0 Å². The lowest BCUT2D eigenvalue weighted by molar-refractivity contribution is -0.198. The van der Waals surface area contributed by atoms with Gasteiger partial charge in [-0.1, -0.05) is 19.4 Å². The molecule has 4 aromatic rings. The largest absolute Gasteiger partial charge is 0.382 e. The molecule has 2 aliphatic heterocycles. The number of imidazole rings is 2. The van der Waals surface area contributed by atoms with Gasteiger partial charge in [-0.3, -0.25) is 4.57 Å². The Balaban J connectivity index is 0.884. The monoisotopic (exact) mass is 586 g/mol. The first-order chi connectivity index (χ1) is 20.7. The highest BCUT2D eigenvalue weighted by Crippen LogP contribution is 2.45. The van der Waals surface area contributed by atoms with Crippen LogP contribution in [0.1, 0.15) is 76.9 Å². The molecule has 8 rings (SSSR count). The van der Waals surface area contributed by atoms with Gasteiger partial charge in [0.2, 0.25) is 0 Å². The van der Waals surface area contributed by atoms with Crippen LogP contribution >= 0.6 is 0 Å². The summed E-state index contributed by atoms with van der Waals surface area (Å²) in [7, 11) is 2.20. The number of aromatic amines is 1. The molecule has 43 heavy (non-hydrogen) atoms. The minimum Gasteiger partial charge on any atom is -0.382 e. The Labute approximate surface area is 251 Å². The third-order valence-corrected chi connectivity index (χ3v) is 10.6. The SMILES string of the molecule is CN(C[C@H]1OC(n2cnc3c(N)ncnc32)[C@@H]2OC(C)(C)O[C@H]12)C1CC(CCc2nc3ccc(C4(C)CCC4)cc3[nH]2)C1. The maximum absolute atomic E-state index is 6.62. The lowest BCUT2D eigenvalue weighted by Gasteiger charge is -2.42. The maximum atomic E-state index is 6.62. The van der Waals surface area contributed by atoms with E-state index in [1.54, 1.807) is 6.33 Å². The van der Waals surface area contributed by atoms with Crippen LogP contribution in [0.15, 0.2) is 30.9 Å². The van der Waals surface area contributed by atoms with E-state index in [1.807, 2.05) is 18.4 Å². The van der Waals surface area contributed by atoms with Gasteiger partial charge in [0.25, 0.3) is 0 Å². The predicted molar refractivity (Wildman–Crippen MR) is 162 cm³/mol. The first-order valence-electron chi connectivity index (χ1n) is 15.8. The molecular formula is C32H42N8O3. The average Bonchev–Trinajstić information content (AvgIpc) is 3.68. The predicted octanol–water partition coefficient (Wildman–Crippen LogP) is 4.49. The van der Waals surface area contributed by atoms with E-state index in [1.165, 1.54) is 49.5 Å². The summed E-state index contributed by atoms with van der Waals surface area (Å²) in [5.74, 6) is 1.49. The molecule has 4 aliphatic rings. The number of nitrogens with two attached hydrogens (primary N) is 1. The molecule has 2 saturated carbocycles. The number of rotatable bonds is 8. The minimum atomic E-state index is -0.687. The lowest BCUT2D eigenvalue weighted by atomic mass is 9.66. The van der Waals surface area contributed by atoms with Crippen molar-refractivity contribution in [2.24, 2.45) is 5.92 Å². The van der Waals surface area contributed by atoms with Crippen LogP contribution in [0.2, 0.25) is 0 Å². The van der Waals surface area contributed by atoms with Gasteiger partial charge in [0.1, 0.15) is 36.0 Å². The van der Waals surface area contributed by atoms with Crippen LogP contribution in [0, 0.1) is 5.92 Å². The second kappa shape index (κ2) is 9.95. The van der Waals surface area contributed by atoms with Crippen LogP contribution in [0.25, 0.3) is 22.2 Å². The molecule has 2 saturated heterocycles. The Bertz CT molecular complexity index is 1650. The minimum absolute atomic E-state index is 0.139. The Morgan fingerprint density at radius 3 is 2.70 bits per heavy atom. The molecule has 0 amide bonds. The number of hydrogen-bond acceptors (Lipinski definition) is 9. The summed E-state index contributed by atoms with van der Waals surface area (Å²) in [5.41, 5.74) is 11.3. The molecule has 4 atom stereocenters. The fourth-order valence-corrected chi connectivity index (χ4v) is 7.71. The van der Waals surface area contributed by atoms with Crippen molar-refractivity contribution in [1.82, 2.24) is 34.4 Å². The zero-order valence-corrected chi connectivity index (χ0v) is 25.5. The summed E-state index contributed by atoms with van der Waals surface area (Å²) in [6.45, 7) is 7.07. The van der Waals surface area contributed by atoms with Crippen LogP contribution in [0.4, 0.5) is 5.82 Å². The van der Waals surface area contributed by atoms with E-state index < -0.39 is 12.0 Å². The van der Waals surface area contributed by atoms with E-state index in [9.17, 15) is 0 Å². The molecule has 5 heterocycles. The second-order valence-electron chi connectivity index (χ2n) is 14.0. The van der Waals surface area contributed by atoms with Crippen molar-refractivity contribution in [3.63, 3.8) is 0 Å². The number of nitrogens with one attached hydrogen (secondary N) is 1. The van der Waals surface area contributed by atoms with E-state index in [0.29, 0.717) is 34.4 Å². The molecule has 4 fully saturated rings. The highest BCUT2D eigenvalue weighted by atomic mass is 16.8. The lowest BCUT2D eigenvalue weighted by Crippen LogP contribution is -2.48. The first kappa shape index (κ1) is 27.4. The average molecular weight is 587 g/mol. The standard InChI is InChI=1S/C32H42N8O3/c1-31(2)42-26-23(41-30(27(26)43-31)40-17-36-25-28(33)34-16-35-29(25)40)15-39(4)20-12-18(13-20)6-9-24-37-21-8-7-19(14-22(21)38-24)32(3)10-5-11-32/h7-8,14,16-18,20,23,26-27,30H,5-6,9-13,15H2,1-4H3,(H,37,38)(H2,33,34,35)/t18?,20?,23-,26-,27-,30?/m1/s1. The number of aromatic nitrogens is 6. The van der Waals surface area contributed by atoms with Crippen molar-refractivity contribution in [3.05, 3.63) is 42.2 Å². The zero-order chi connectivity index (χ0) is 29.5. The molecule has 3 N–H and O–H groups in total. The fraction of sp³-hybridized carbons (Fsp3) is 0.625. The summed E-state index contributed by atoms with van der Waals surface area (Å²) < 4.78 is 21.2. The summed E-state index contributed by atoms with van der Waals surface area (Å²) in [5, 5.41) is 0. The van der Waals surface area contributed by atoms with Crippen LogP contribution < -0.4 is 5.73 Å². The molecule has 1 aromatic carbocycles. The van der Waals surface area contributed by atoms with Gasteiger partial charge in [-0.2, -0.15) is 0 Å². The molecule has 0 radical (unpaired) electrons. The van der Waals surface area contributed by atoms with Gasteiger partial charge in [0.15, 0.2) is 23.5 Å². The third kappa shape index (κ3) is 4.72. The van der Waals surface area contributed by atoms with Crippen LogP contribution in [-0.2, 0) is 26.0 Å². The fourth-order valence-electron chi connectivity index (χ4n) is 7.71. The molecule has 0 bridgehead atoms. The Morgan fingerprint density at radius 2 is 1.91 bits per heavy atom. The number of anilines is 1. The smallest absolute Gasteiger partial charge is 0.167 e. The van der Waals surface area contributed by atoms with Gasteiger partial charge in [-0.25, -0.2) is 19.9 Å². The summed E-state index contributed by atoms with van der Waals surface area (Å²) >= 11 is 0. The van der Waals surface area contributed by atoms with Crippen molar-refractivity contribution in [2.75, 3.05) is 19.3 Å². The first-order valence-corrected chi connectivity index (χ1v) is 15.8. The molecule has 11 nitrogen and oxygen atoms in total. The number of nitrogen functional groups attached to an aromatic ring is 1. The normalized spacial score (nSPS) is 31.0. The van der Waals surface area contributed by atoms with Gasteiger partial charge in [-0.05, 0) is 82.0 Å². The number of benzene rings is 1. The quantitative estimate of drug-likeness (QED) is 0.307. The van der Waals surface area contributed by atoms with E-state index >= 15 is 0 Å². The van der Waals surface area contributed by atoms with Crippen LogP contribution in [0.3, 0.4) is 0 Å². The van der Waals surface area contributed by atoms with E-state index in [2.05, 4.69) is 57.0 Å². The van der Waals surface area contributed by atoms with E-state index in [0.717, 1.165) is 30.7 Å². The molecule has 2 aliphatic carbocycles. The number of hydrogen-bond donors (Lipinski definition) is 2. The van der Waals surface area contributed by atoms with Crippen molar-refractivity contribution in [2.45, 2.75) is 108 Å². The van der Waals surface area contributed by atoms with Gasteiger partial charge in [0.05, 0.1) is 17.4 Å². The zero-order valence-electron chi connectivity index (χ0n) is 25.5. The van der Waals surface area contributed by atoms with E-state index in [-0.39, 0.29) is 18.3 Å². The Morgan fingerprint density at radius 1 is 1.09 bits per heavy atom. The van der Waals surface area contributed by atoms with Crippen LogP contribution in [0.5, 0.6) is 0 Å². The number of ether oxygens (including phenoxy) is 3. The molecule has 0 spiro atoms. The highest BCUT2D eigenvalue weighted by molar-refractivity contribution is 5.81. The number of H-pyrrole nitrogens is 1. The van der Waals surface area contributed by atoms with Gasteiger partial charge in [-0.15, -0.1) is 0 Å². The molecule has 1 unspecified atom stereocenters. The highest BCUT2D eigenvalue weighted by Gasteiger charge is 2.56. The number of aryl methyl sites for hydroxylation is 1. The number of nitrogens with zero attached hydrogens (tertiary/aromatic N) is 6. The van der Waals surface area contributed by atoms with Crippen molar-refractivity contribution >= 4 is 28.0 Å². The van der Waals surface area contributed by atoms with E-state index in [4.69, 9.17) is 24.9 Å². The van der Waals surface area contributed by atoms with Gasteiger partial charge in [0, 0.05) is 19.0 Å². The molecule has 228 valence electrons. The maximum Gasteiger partial charge on any atom is 0.167 e. The van der Waals surface area contributed by atoms with Crippen molar-refractivity contribution < 1.29 is 14.2 Å². The molecular weight excluding hydrogens is 544 g/mol. The van der Waals surface area contributed by atoms with Crippen molar-refractivity contribution in [3.8, 4) is 0 Å². The van der Waals surface area contributed by atoms with Gasteiger partial charge < -0.3 is 29.8 Å². The number of fused-ring (bicyclic) bond motifs is 3. The second-order valence-corrected chi connectivity index (χ2v) is 14.0. The molecule has 3 aromatic heterocycles. The third-order valence-electron chi connectivity index (χ3n) is 10.6. The van der Waals surface area contributed by atoms with Crippen LogP contribution in [-0.4, -0.2) is 78.1 Å². The summed E-state index contributed by atoms with van der Waals surface area (Å²) in [6, 6.07) is 7.34.